The zero-order valence-corrected chi connectivity index (χ0v) is 20.4. The van der Waals surface area contributed by atoms with E-state index in [0.717, 1.165) is 48.1 Å². The average molecular weight is 486 g/mol. The van der Waals surface area contributed by atoms with Gasteiger partial charge >= 0.3 is 0 Å². The van der Waals surface area contributed by atoms with Gasteiger partial charge < -0.3 is 5.73 Å². The van der Waals surface area contributed by atoms with Gasteiger partial charge in [-0.2, -0.15) is 4.99 Å². The third-order valence-corrected chi connectivity index (χ3v) is 7.28. The van der Waals surface area contributed by atoms with Crippen LogP contribution in [0.15, 0.2) is 94.9 Å². The van der Waals surface area contributed by atoms with Crippen LogP contribution in [0.2, 0.25) is 0 Å². The van der Waals surface area contributed by atoms with Gasteiger partial charge in [0.25, 0.3) is 5.91 Å². The number of benzene rings is 3. The second-order valence-corrected chi connectivity index (χ2v) is 9.33. The molecular formula is C28H28ClN5O. The first-order valence-corrected chi connectivity index (χ1v) is 11.8. The molecule has 3 aromatic carbocycles. The van der Waals surface area contributed by atoms with Gasteiger partial charge in [-0.1, -0.05) is 78.4 Å². The number of rotatable bonds is 3. The zero-order chi connectivity index (χ0) is 23.3. The standard InChI is InChI=1S/C28H27N5O.ClH/c1-20-14-16-23(17-15-20)32-24(34)28(21-10-4-2-5-11-21,22-12-6-3-7-13-22)33-26(32)30-25(29)31-27(33)18-8-9-19-27;/h2-7,10-17H,8-9,18-19H2,1H3,(H2,29,31);1H. The fourth-order valence-corrected chi connectivity index (χ4v) is 5.82. The molecule has 6 nitrogen and oxygen atoms in total. The highest BCUT2D eigenvalue weighted by Gasteiger charge is 2.66. The van der Waals surface area contributed by atoms with Crippen LogP contribution in [-0.2, 0) is 10.3 Å². The molecule has 3 aliphatic rings. The highest BCUT2D eigenvalue weighted by atomic mass is 35.5. The Morgan fingerprint density at radius 3 is 1.91 bits per heavy atom. The normalized spacial score (nSPS) is 19.7. The van der Waals surface area contributed by atoms with Crippen molar-refractivity contribution in [3.8, 4) is 0 Å². The van der Waals surface area contributed by atoms with Crippen LogP contribution >= 0.6 is 12.4 Å². The summed E-state index contributed by atoms with van der Waals surface area (Å²) in [5.74, 6) is 0.717. The van der Waals surface area contributed by atoms with Gasteiger partial charge in [-0.25, -0.2) is 9.89 Å². The van der Waals surface area contributed by atoms with Crippen LogP contribution in [0.5, 0.6) is 0 Å². The maximum atomic E-state index is 14.8. The lowest BCUT2D eigenvalue weighted by molar-refractivity contribution is -0.125. The summed E-state index contributed by atoms with van der Waals surface area (Å²) in [6, 6.07) is 28.0. The van der Waals surface area contributed by atoms with Gasteiger partial charge in [-0.15, -0.1) is 12.4 Å². The number of anilines is 1. The number of carbonyl (C=O) groups excluding carboxylic acids is 1. The molecule has 1 spiro atoms. The molecule has 6 rings (SSSR count). The number of fused-ring (bicyclic) bond motifs is 2. The lowest BCUT2D eigenvalue weighted by atomic mass is 9.79. The highest BCUT2D eigenvalue weighted by molar-refractivity contribution is 6.28. The second kappa shape index (κ2) is 8.54. The summed E-state index contributed by atoms with van der Waals surface area (Å²) in [6.45, 7) is 2.04. The van der Waals surface area contributed by atoms with Gasteiger partial charge in [-0.3, -0.25) is 9.69 Å². The van der Waals surface area contributed by atoms with Gasteiger partial charge in [-0.05, 0) is 55.9 Å². The van der Waals surface area contributed by atoms with E-state index in [1.807, 2.05) is 91.9 Å². The third kappa shape index (κ3) is 3.27. The van der Waals surface area contributed by atoms with E-state index in [1.54, 1.807) is 4.90 Å². The predicted molar refractivity (Wildman–Crippen MR) is 142 cm³/mol. The number of hydrogen-bond donors (Lipinski definition) is 1. The first-order chi connectivity index (χ1) is 16.6. The summed E-state index contributed by atoms with van der Waals surface area (Å²) in [7, 11) is 0. The van der Waals surface area contributed by atoms with Crippen molar-refractivity contribution in [2.24, 2.45) is 15.7 Å². The molecule has 0 bridgehead atoms. The zero-order valence-electron chi connectivity index (χ0n) is 19.6. The molecule has 2 fully saturated rings. The van der Waals surface area contributed by atoms with Gasteiger partial charge in [0, 0.05) is 0 Å². The van der Waals surface area contributed by atoms with Crippen molar-refractivity contribution in [1.29, 1.82) is 0 Å². The molecule has 1 saturated carbocycles. The molecule has 35 heavy (non-hydrogen) atoms. The molecule has 1 aliphatic carbocycles. The molecule has 2 aliphatic heterocycles. The fourth-order valence-electron chi connectivity index (χ4n) is 5.82. The third-order valence-electron chi connectivity index (χ3n) is 7.28. The summed E-state index contributed by atoms with van der Waals surface area (Å²) in [5.41, 5.74) is 8.28. The first kappa shape index (κ1) is 23.1. The maximum absolute atomic E-state index is 14.8. The van der Waals surface area contributed by atoms with E-state index < -0.39 is 11.2 Å². The molecule has 0 atom stereocenters. The Morgan fingerprint density at radius 2 is 1.37 bits per heavy atom. The van der Waals surface area contributed by atoms with Crippen molar-refractivity contribution >= 4 is 35.9 Å². The van der Waals surface area contributed by atoms with Crippen LogP contribution in [0.3, 0.4) is 0 Å². The quantitative estimate of drug-likeness (QED) is 0.569. The van der Waals surface area contributed by atoms with Crippen molar-refractivity contribution in [3.05, 3.63) is 102 Å². The van der Waals surface area contributed by atoms with Gasteiger partial charge in [0.05, 0.1) is 5.69 Å². The van der Waals surface area contributed by atoms with Crippen LogP contribution in [0.4, 0.5) is 5.69 Å². The van der Waals surface area contributed by atoms with Crippen LogP contribution < -0.4 is 10.6 Å². The van der Waals surface area contributed by atoms with Gasteiger partial charge in [0.15, 0.2) is 5.54 Å². The molecule has 1 saturated heterocycles. The Morgan fingerprint density at radius 1 is 0.829 bits per heavy atom. The molecule has 3 aromatic rings. The van der Waals surface area contributed by atoms with Crippen LogP contribution in [0, 0.1) is 6.92 Å². The smallest absolute Gasteiger partial charge is 0.269 e. The number of nitrogens with two attached hydrogens (primary N) is 1. The van der Waals surface area contributed by atoms with Crippen molar-refractivity contribution in [3.63, 3.8) is 0 Å². The van der Waals surface area contributed by atoms with E-state index in [9.17, 15) is 4.79 Å². The number of halogens is 1. The highest BCUT2D eigenvalue weighted by Crippen LogP contribution is 2.53. The van der Waals surface area contributed by atoms with Crippen LogP contribution in [0.1, 0.15) is 42.4 Å². The molecular weight excluding hydrogens is 458 g/mol. The topological polar surface area (TPSA) is 74.3 Å². The minimum absolute atomic E-state index is 0. The van der Waals surface area contributed by atoms with E-state index in [4.69, 9.17) is 15.7 Å². The van der Waals surface area contributed by atoms with E-state index in [-0.39, 0.29) is 24.3 Å². The number of carbonyl (C=O) groups is 1. The summed E-state index contributed by atoms with van der Waals surface area (Å²) >= 11 is 0. The minimum atomic E-state index is -1.11. The first-order valence-electron chi connectivity index (χ1n) is 11.8. The van der Waals surface area contributed by atoms with Crippen LogP contribution in [-0.4, -0.2) is 28.4 Å². The number of guanidine groups is 2. The molecule has 2 heterocycles. The SMILES string of the molecule is Cc1ccc(N2C(=O)C(c3ccccc3)(c3ccccc3)N3C2=NC(N)=NC32CCCC2)cc1.Cl. The summed E-state index contributed by atoms with van der Waals surface area (Å²) < 4.78 is 0. The number of aliphatic imine (C=N–C) groups is 2. The molecule has 0 unspecified atom stereocenters. The molecule has 7 heteroatoms. The van der Waals surface area contributed by atoms with E-state index in [0.29, 0.717) is 5.96 Å². The van der Waals surface area contributed by atoms with Crippen molar-refractivity contribution in [2.45, 2.75) is 43.8 Å². The van der Waals surface area contributed by atoms with Crippen LogP contribution in [0.25, 0.3) is 0 Å². The Labute approximate surface area is 211 Å². The molecule has 0 radical (unpaired) electrons. The molecule has 178 valence electrons. The minimum Gasteiger partial charge on any atom is -0.368 e. The van der Waals surface area contributed by atoms with Crippen molar-refractivity contribution < 1.29 is 4.79 Å². The monoisotopic (exact) mass is 485 g/mol. The molecule has 2 N–H and O–H groups in total. The summed E-state index contributed by atoms with van der Waals surface area (Å²) in [5, 5.41) is 0. The average Bonchev–Trinajstić information content (AvgIpc) is 3.42. The Bertz CT molecular complexity index is 1260. The molecule has 1 amide bonds. The van der Waals surface area contributed by atoms with Crippen molar-refractivity contribution in [1.82, 2.24) is 4.90 Å². The van der Waals surface area contributed by atoms with Gasteiger partial charge in [0.2, 0.25) is 11.9 Å². The van der Waals surface area contributed by atoms with E-state index in [2.05, 4.69) is 4.90 Å². The Balaban J connectivity index is 0.00000253. The summed E-state index contributed by atoms with van der Waals surface area (Å²) in [4.78, 5) is 28.4. The second-order valence-electron chi connectivity index (χ2n) is 9.33. The van der Waals surface area contributed by atoms with E-state index in [1.165, 1.54) is 0 Å². The fraction of sp³-hybridized carbons (Fsp3) is 0.250. The number of nitrogens with zero attached hydrogens (tertiary/aromatic N) is 4. The largest absolute Gasteiger partial charge is 0.368 e. The maximum Gasteiger partial charge on any atom is 0.269 e. The van der Waals surface area contributed by atoms with Crippen molar-refractivity contribution in [2.75, 3.05) is 4.90 Å². The van der Waals surface area contributed by atoms with Gasteiger partial charge in [0.1, 0.15) is 5.66 Å². The Kier molecular flexibility index (Phi) is 5.64. The number of amides is 1. The predicted octanol–water partition coefficient (Wildman–Crippen LogP) is 4.96. The number of aryl methyl sites for hydroxylation is 1. The lowest BCUT2D eigenvalue weighted by Crippen LogP contribution is -2.60. The lowest BCUT2D eigenvalue weighted by Gasteiger charge is -2.47. The summed E-state index contributed by atoms with van der Waals surface area (Å²) in [6.07, 6.45) is 3.70. The molecule has 0 aromatic heterocycles. The van der Waals surface area contributed by atoms with E-state index >= 15 is 0 Å². The Hall–Kier alpha value is -3.64. The number of hydrogen-bond acceptors (Lipinski definition) is 5.